The zero-order valence-electron chi connectivity index (χ0n) is 14.9. The number of nitrogens with one attached hydrogen (secondary N) is 1. The lowest BCUT2D eigenvalue weighted by Gasteiger charge is -2.09. The molecule has 0 unspecified atom stereocenters. The van der Waals surface area contributed by atoms with Crippen molar-refractivity contribution in [3.05, 3.63) is 63.5 Å². The van der Waals surface area contributed by atoms with Gasteiger partial charge >= 0.3 is 0 Å². The SMILES string of the molecule is Cc1cc(C)c(NC(=O)CSc2nnc(-c3ccc(F)cc3)o2)c([N+](=O)[O-])c1. The van der Waals surface area contributed by atoms with Crippen molar-refractivity contribution in [1.82, 2.24) is 10.2 Å². The van der Waals surface area contributed by atoms with Crippen molar-refractivity contribution in [2.75, 3.05) is 11.1 Å². The van der Waals surface area contributed by atoms with Crippen LogP contribution in [0, 0.1) is 29.8 Å². The predicted octanol–water partition coefficient (Wildman–Crippen LogP) is 4.13. The number of amides is 1. The third kappa shape index (κ3) is 4.52. The zero-order chi connectivity index (χ0) is 20.3. The van der Waals surface area contributed by atoms with Gasteiger partial charge in [-0.3, -0.25) is 14.9 Å². The number of thioether (sulfide) groups is 1. The summed E-state index contributed by atoms with van der Waals surface area (Å²) in [7, 11) is 0. The number of nitro groups is 1. The molecule has 10 heteroatoms. The maximum Gasteiger partial charge on any atom is 0.293 e. The van der Waals surface area contributed by atoms with Crippen LogP contribution in [0.15, 0.2) is 46.0 Å². The molecule has 144 valence electrons. The summed E-state index contributed by atoms with van der Waals surface area (Å²) in [5, 5.41) is 21.7. The molecule has 1 heterocycles. The molecular weight excluding hydrogens is 387 g/mol. The Balaban J connectivity index is 1.66. The highest BCUT2D eigenvalue weighted by atomic mass is 32.2. The van der Waals surface area contributed by atoms with Crippen molar-refractivity contribution in [3.63, 3.8) is 0 Å². The molecule has 0 aliphatic heterocycles. The summed E-state index contributed by atoms with van der Waals surface area (Å²) in [5.41, 5.74) is 1.89. The van der Waals surface area contributed by atoms with Crippen LogP contribution in [0.4, 0.5) is 15.8 Å². The monoisotopic (exact) mass is 402 g/mol. The fraction of sp³-hybridized carbons (Fsp3) is 0.167. The fourth-order valence-corrected chi connectivity index (χ4v) is 3.09. The number of benzene rings is 2. The van der Waals surface area contributed by atoms with E-state index >= 15 is 0 Å². The van der Waals surface area contributed by atoms with E-state index in [1.54, 1.807) is 19.9 Å². The molecule has 0 spiro atoms. The maximum atomic E-state index is 13.0. The Labute approximate surface area is 163 Å². The average molecular weight is 402 g/mol. The highest BCUT2D eigenvalue weighted by Gasteiger charge is 2.19. The molecule has 3 rings (SSSR count). The number of aromatic nitrogens is 2. The van der Waals surface area contributed by atoms with E-state index < -0.39 is 10.8 Å². The molecular formula is C18H15FN4O4S. The lowest BCUT2D eigenvalue weighted by atomic mass is 10.1. The molecule has 1 amide bonds. The van der Waals surface area contributed by atoms with Gasteiger partial charge in [0.2, 0.25) is 11.8 Å². The van der Waals surface area contributed by atoms with Gasteiger partial charge in [0.15, 0.2) is 0 Å². The number of rotatable bonds is 6. The first kappa shape index (κ1) is 19.5. The third-order valence-corrected chi connectivity index (χ3v) is 4.56. The van der Waals surface area contributed by atoms with Crippen molar-refractivity contribution in [1.29, 1.82) is 0 Å². The smallest absolute Gasteiger partial charge is 0.293 e. The molecule has 0 saturated heterocycles. The fourth-order valence-electron chi connectivity index (χ4n) is 2.53. The number of carbonyl (C=O) groups is 1. The largest absolute Gasteiger partial charge is 0.411 e. The van der Waals surface area contributed by atoms with Gasteiger partial charge < -0.3 is 9.73 Å². The van der Waals surface area contributed by atoms with Crippen molar-refractivity contribution < 1.29 is 18.5 Å². The molecule has 0 saturated carbocycles. The van der Waals surface area contributed by atoms with E-state index in [9.17, 15) is 19.3 Å². The van der Waals surface area contributed by atoms with Crippen LogP contribution in [0.1, 0.15) is 11.1 Å². The summed E-state index contributed by atoms with van der Waals surface area (Å²) < 4.78 is 18.4. The third-order valence-electron chi connectivity index (χ3n) is 3.74. The molecule has 3 aromatic rings. The number of nitro benzene ring substituents is 1. The molecule has 0 aliphatic carbocycles. The minimum absolute atomic E-state index is 0.0739. The van der Waals surface area contributed by atoms with Crippen molar-refractivity contribution in [2.24, 2.45) is 0 Å². The van der Waals surface area contributed by atoms with Gasteiger partial charge in [-0.25, -0.2) is 4.39 Å². The first-order chi connectivity index (χ1) is 13.3. The molecule has 8 nitrogen and oxygen atoms in total. The second kappa shape index (κ2) is 8.17. The Morgan fingerprint density at radius 1 is 1.25 bits per heavy atom. The van der Waals surface area contributed by atoms with E-state index in [2.05, 4.69) is 15.5 Å². The molecule has 0 fully saturated rings. The van der Waals surface area contributed by atoms with E-state index in [1.807, 2.05) is 0 Å². The summed E-state index contributed by atoms with van der Waals surface area (Å²) in [6, 6.07) is 8.71. The van der Waals surface area contributed by atoms with Crippen LogP contribution in [0.3, 0.4) is 0 Å². The van der Waals surface area contributed by atoms with Crippen LogP contribution in [-0.4, -0.2) is 26.8 Å². The van der Waals surface area contributed by atoms with Crippen LogP contribution in [-0.2, 0) is 4.79 Å². The van der Waals surface area contributed by atoms with Gasteiger partial charge in [-0.1, -0.05) is 17.8 Å². The van der Waals surface area contributed by atoms with Gasteiger partial charge in [0, 0.05) is 11.6 Å². The number of aryl methyl sites for hydroxylation is 2. The van der Waals surface area contributed by atoms with Gasteiger partial charge in [0.05, 0.1) is 10.7 Å². The second-order valence-electron chi connectivity index (χ2n) is 5.95. The maximum absolute atomic E-state index is 13.0. The van der Waals surface area contributed by atoms with Crippen molar-refractivity contribution >= 4 is 29.0 Å². The Morgan fingerprint density at radius 2 is 1.96 bits per heavy atom. The number of carbonyl (C=O) groups excluding carboxylic acids is 1. The summed E-state index contributed by atoms with van der Waals surface area (Å²) >= 11 is 0.993. The lowest BCUT2D eigenvalue weighted by Crippen LogP contribution is -2.16. The van der Waals surface area contributed by atoms with E-state index in [1.165, 1.54) is 30.3 Å². The summed E-state index contributed by atoms with van der Waals surface area (Å²) in [6.07, 6.45) is 0. The Bertz CT molecular complexity index is 1040. The molecule has 28 heavy (non-hydrogen) atoms. The summed E-state index contributed by atoms with van der Waals surface area (Å²) in [5.74, 6) is -0.695. The Hall–Kier alpha value is -3.27. The minimum Gasteiger partial charge on any atom is -0.411 e. The number of hydrogen-bond acceptors (Lipinski definition) is 7. The minimum atomic E-state index is -0.532. The summed E-state index contributed by atoms with van der Waals surface area (Å²) in [4.78, 5) is 22.9. The first-order valence-corrected chi connectivity index (χ1v) is 9.10. The number of hydrogen-bond donors (Lipinski definition) is 1. The normalized spacial score (nSPS) is 10.7. The number of halogens is 1. The van der Waals surface area contributed by atoms with Gasteiger partial charge in [-0.05, 0) is 49.2 Å². The molecule has 0 bridgehead atoms. The highest BCUT2D eigenvalue weighted by Crippen LogP contribution is 2.30. The first-order valence-electron chi connectivity index (χ1n) is 8.11. The van der Waals surface area contributed by atoms with Crippen LogP contribution in [0.5, 0.6) is 0 Å². The van der Waals surface area contributed by atoms with E-state index in [0.29, 0.717) is 11.1 Å². The van der Waals surface area contributed by atoms with Gasteiger partial charge in [0.1, 0.15) is 11.5 Å². The lowest BCUT2D eigenvalue weighted by molar-refractivity contribution is -0.384. The Kier molecular flexibility index (Phi) is 5.69. The van der Waals surface area contributed by atoms with Gasteiger partial charge in [-0.2, -0.15) is 0 Å². The molecule has 0 radical (unpaired) electrons. The second-order valence-corrected chi connectivity index (χ2v) is 6.88. The van der Waals surface area contributed by atoms with Gasteiger partial charge in [-0.15, -0.1) is 10.2 Å². The average Bonchev–Trinajstić information content (AvgIpc) is 3.11. The molecule has 1 aromatic heterocycles. The standard InChI is InChI=1S/C18H15FN4O4S/c1-10-7-11(2)16(14(8-10)23(25)26)20-15(24)9-28-18-22-21-17(27-18)12-3-5-13(19)6-4-12/h3-8H,9H2,1-2H3,(H,20,24). The molecule has 2 aromatic carbocycles. The van der Waals surface area contributed by atoms with Gasteiger partial charge in [0.25, 0.3) is 10.9 Å². The predicted molar refractivity (Wildman–Crippen MR) is 102 cm³/mol. The quantitative estimate of drug-likeness (QED) is 0.375. The number of anilines is 1. The van der Waals surface area contributed by atoms with E-state index in [4.69, 9.17) is 4.42 Å². The van der Waals surface area contributed by atoms with Crippen LogP contribution in [0.25, 0.3) is 11.5 Å². The van der Waals surface area contributed by atoms with Crippen LogP contribution < -0.4 is 5.32 Å². The Morgan fingerprint density at radius 3 is 2.64 bits per heavy atom. The molecule has 0 aliphatic rings. The van der Waals surface area contributed by atoms with Crippen molar-refractivity contribution in [3.8, 4) is 11.5 Å². The molecule has 0 atom stereocenters. The topological polar surface area (TPSA) is 111 Å². The van der Waals surface area contributed by atoms with E-state index in [0.717, 1.165) is 17.3 Å². The van der Waals surface area contributed by atoms with Crippen LogP contribution >= 0.6 is 11.8 Å². The zero-order valence-corrected chi connectivity index (χ0v) is 15.7. The van der Waals surface area contributed by atoms with Crippen molar-refractivity contribution in [2.45, 2.75) is 19.1 Å². The number of nitrogens with zero attached hydrogens (tertiary/aromatic N) is 3. The van der Waals surface area contributed by atoms with Crippen LogP contribution in [0.2, 0.25) is 0 Å². The highest BCUT2D eigenvalue weighted by molar-refractivity contribution is 7.99. The summed E-state index contributed by atoms with van der Waals surface area (Å²) in [6.45, 7) is 3.44. The van der Waals surface area contributed by atoms with E-state index in [-0.39, 0.29) is 34.1 Å². The molecule has 1 N–H and O–H groups in total.